The van der Waals surface area contributed by atoms with Gasteiger partial charge < -0.3 is 5.73 Å². The molecule has 0 aromatic heterocycles. The van der Waals surface area contributed by atoms with E-state index in [1.807, 2.05) is 12.1 Å². The van der Waals surface area contributed by atoms with Crippen molar-refractivity contribution in [3.8, 4) is 0 Å². The lowest BCUT2D eigenvalue weighted by Crippen LogP contribution is -2.37. The summed E-state index contributed by atoms with van der Waals surface area (Å²) < 4.78 is 12.2. The van der Waals surface area contributed by atoms with Crippen molar-refractivity contribution < 1.29 is 4.21 Å². The van der Waals surface area contributed by atoms with Crippen molar-refractivity contribution in [3.63, 3.8) is 0 Å². The predicted molar refractivity (Wildman–Crippen MR) is 71.7 cm³/mol. The van der Waals surface area contributed by atoms with Gasteiger partial charge in [-0.2, -0.15) is 0 Å². The number of anilines is 1. The van der Waals surface area contributed by atoms with E-state index in [1.54, 1.807) is 0 Å². The molecule has 1 fully saturated rings. The maximum absolute atomic E-state index is 11.2. The van der Waals surface area contributed by atoms with Gasteiger partial charge in [-0.1, -0.05) is 12.1 Å². The molecule has 1 aliphatic heterocycles. The fourth-order valence-electron chi connectivity index (χ4n) is 1.80. The Labute approximate surface area is 107 Å². The van der Waals surface area contributed by atoms with Crippen molar-refractivity contribution in [1.29, 1.82) is 0 Å². The van der Waals surface area contributed by atoms with E-state index in [0.29, 0.717) is 0 Å². The van der Waals surface area contributed by atoms with Gasteiger partial charge in [0.2, 0.25) is 0 Å². The first-order valence-corrected chi connectivity index (χ1v) is 7.55. The van der Waals surface area contributed by atoms with Gasteiger partial charge in [-0.3, -0.25) is 9.11 Å². The van der Waals surface area contributed by atoms with E-state index < -0.39 is 10.8 Å². The van der Waals surface area contributed by atoms with Crippen LogP contribution in [0.2, 0.25) is 0 Å². The normalized spacial score (nSPS) is 18.8. The minimum Gasteiger partial charge on any atom is -0.398 e. The Bertz CT molecular complexity index is 401. The standard InChI is InChI=1S/C11H15BrN2OS/c12-11-9(2-1-3-10(11)13)8-14-4-6-16(15)7-5-14/h1-3H,4-8,13H2. The molecule has 16 heavy (non-hydrogen) atoms. The lowest BCUT2D eigenvalue weighted by Gasteiger charge is -2.26. The van der Waals surface area contributed by atoms with E-state index in [0.717, 1.165) is 41.3 Å². The Morgan fingerprint density at radius 3 is 2.75 bits per heavy atom. The summed E-state index contributed by atoms with van der Waals surface area (Å²) in [4.78, 5) is 2.32. The fraction of sp³-hybridized carbons (Fsp3) is 0.455. The van der Waals surface area contributed by atoms with Gasteiger partial charge in [-0.05, 0) is 27.6 Å². The zero-order chi connectivity index (χ0) is 11.5. The van der Waals surface area contributed by atoms with E-state index in [9.17, 15) is 4.21 Å². The largest absolute Gasteiger partial charge is 0.398 e. The third-order valence-corrected chi connectivity index (χ3v) is 5.02. The molecule has 0 bridgehead atoms. The molecule has 5 heteroatoms. The number of halogens is 1. The minimum atomic E-state index is -0.607. The van der Waals surface area contributed by atoms with Crippen molar-refractivity contribution in [2.24, 2.45) is 0 Å². The van der Waals surface area contributed by atoms with Gasteiger partial charge in [0.15, 0.2) is 0 Å². The van der Waals surface area contributed by atoms with Gasteiger partial charge in [0.05, 0.1) is 0 Å². The molecular weight excluding hydrogens is 288 g/mol. The summed E-state index contributed by atoms with van der Waals surface area (Å²) in [5.41, 5.74) is 7.81. The SMILES string of the molecule is Nc1cccc(CN2CCS(=O)CC2)c1Br. The van der Waals surface area contributed by atoms with Crippen LogP contribution in [0, 0.1) is 0 Å². The Morgan fingerprint density at radius 2 is 2.06 bits per heavy atom. The summed E-state index contributed by atoms with van der Waals surface area (Å²) in [6.45, 7) is 2.70. The van der Waals surface area contributed by atoms with E-state index >= 15 is 0 Å². The average Bonchev–Trinajstić information content (AvgIpc) is 2.28. The highest BCUT2D eigenvalue weighted by Crippen LogP contribution is 2.25. The summed E-state index contributed by atoms with van der Waals surface area (Å²) in [7, 11) is -0.607. The average molecular weight is 303 g/mol. The number of benzene rings is 1. The molecule has 2 N–H and O–H groups in total. The van der Waals surface area contributed by atoms with E-state index in [2.05, 4.69) is 26.9 Å². The van der Waals surface area contributed by atoms with Crippen LogP contribution in [0.5, 0.6) is 0 Å². The van der Waals surface area contributed by atoms with Crippen molar-refractivity contribution in [2.75, 3.05) is 30.3 Å². The van der Waals surface area contributed by atoms with Crippen LogP contribution in [-0.2, 0) is 17.3 Å². The number of nitrogens with two attached hydrogens (primary N) is 1. The van der Waals surface area contributed by atoms with E-state index in [-0.39, 0.29) is 0 Å². The molecule has 0 radical (unpaired) electrons. The third kappa shape index (κ3) is 2.84. The van der Waals surface area contributed by atoms with Gasteiger partial charge >= 0.3 is 0 Å². The molecule has 2 rings (SSSR count). The second-order valence-electron chi connectivity index (χ2n) is 3.94. The van der Waals surface area contributed by atoms with Crippen molar-refractivity contribution in [3.05, 3.63) is 28.2 Å². The number of hydrogen-bond acceptors (Lipinski definition) is 3. The maximum atomic E-state index is 11.2. The first-order valence-electron chi connectivity index (χ1n) is 5.27. The van der Waals surface area contributed by atoms with Crippen LogP contribution in [0.4, 0.5) is 5.69 Å². The topological polar surface area (TPSA) is 46.3 Å². The van der Waals surface area contributed by atoms with Crippen molar-refractivity contribution >= 4 is 32.4 Å². The zero-order valence-electron chi connectivity index (χ0n) is 8.99. The highest BCUT2D eigenvalue weighted by Gasteiger charge is 2.16. The second kappa shape index (κ2) is 5.29. The smallest absolute Gasteiger partial charge is 0.0461 e. The molecule has 1 heterocycles. The van der Waals surface area contributed by atoms with Crippen LogP contribution < -0.4 is 5.73 Å². The van der Waals surface area contributed by atoms with Gasteiger partial charge in [0.1, 0.15) is 0 Å². The fourth-order valence-corrected chi connectivity index (χ4v) is 3.31. The molecule has 0 saturated carbocycles. The Balaban J connectivity index is 2.04. The highest BCUT2D eigenvalue weighted by molar-refractivity contribution is 9.10. The molecule has 1 aromatic rings. The number of rotatable bonds is 2. The Morgan fingerprint density at radius 1 is 1.38 bits per heavy atom. The predicted octanol–water partition coefficient (Wildman–Crippen LogP) is 1.60. The summed E-state index contributed by atoms with van der Waals surface area (Å²) in [6.07, 6.45) is 0. The number of nitrogens with zero attached hydrogens (tertiary/aromatic N) is 1. The maximum Gasteiger partial charge on any atom is 0.0461 e. The van der Waals surface area contributed by atoms with Gasteiger partial charge in [0.25, 0.3) is 0 Å². The van der Waals surface area contributed by atoms with Crippen LogP contribution >= 0.6 is 15.9 Å². The minimum absolute atomic E-state index is 0.607. The molecule has 88 valence electrons. The monoisotopic (exact) mass is 302 g/mol. The summed E-state index contributed by atoms with van der Waals surface area (Å²) in [5.74, 6) is 1.58. The van der Waals surface area contributed by atoms with Crippen LogP contribution in [0.1, 0.15) is 5.56 Å². The lowest BCUT2D eigenvalue weighted by atomic mass is 10.2. The van der Waals surface area contributed by atoms with Crippen LogP contribution in [0.3, 0.4) is 0 Å². The first kappa shape index (κ1) is 12.1. The molecule has 1 aliphatic rings. The lowest BCUT2D eigenvalue weighted by molar-refractivity contribution is 0.291. The molecular formula is C11H15BrN2OS. The van der Waals surface area contributed by atoms with E-state index in [1.165, 1.54) is 5.56 Å². The zero-order valence-corrected chi connectivity index (χ0v) is 11.4. The molecule has 0 aliphatic carbocycles. The van der Waals surface area contributed by atoms with Crippen LogP contribution in [-0.4, -0.2) is 33.7 Å². The Hall–Kier alpha value is -0.390. The molecule has 0 amide bonds. The summed E-state index contributed by atoms with van der Waals surface area (Å²) in [6, 6.07) is 5.93. The quantitative estimate of drug-likeness (QED) is 0.844. The molecule has 1 aromatic carbocycles. The summed E-state index contributed by atoms with van der Waals surface area (Å²) >= 11 is 3.51. The molecule has 3 nitrogen and oxygen atoms in total. The molecule has 1 saturated heterocycles. The molecule has 0 unspecified atom stereocenters. The van der Waals surface area contributed by atoms with Crippen molar-refractivity contribution in [1.82, 2.24) is 4.90 Å². The van der Waals surface area contributed by atoms with Crippen LogP contribution in [0.15, 0.2) is 22.7 Å². The van der Waals surface area contributed by atoms with Gasteiger partial charge in [-0.25, -0.2) is 0 Å². The van der Waals surface area contributed by atoms with Gasteiger partial charge in [-0.15, -0.1) is 0 Å². The van der Waals surface area contributed by atoms with Gasteiger partial charge in [0, 0.05) is 52.1 Å². The van der Waals surface area contributed by atoms with E-state index in [4.69, 9.17) is 5.73 Å². The number of nitrogen functional groups attached to an aromatic ring is 1. The summed E-state index contributed by atoms with van der Waals surface area (Å²) in [5, 5.41) is 0. The highest BCUT2D eigenvalue weighted by atomic mass is 79.9. The second-order valence-corrected chi connectivity index (χ2v) is 6.43. The first-order chi connectivity index (χ1) is 7.66. The molecule has 0 atom stereocenters. The van der Waals surface area contributed by atoms with Crippen molar-refractivity contribution in [2.45, 2.75) is 6.54 Å². The third-order valence-electron chi connectivity index (χ3n) is 2.77. The number of hydrogen-bond donors (Lipinski definition) is 1. The molecule has 0 spiro atoms. The Kier molecular flexibility index (Phi) is 4.00. The van der Waals surface area contributed by atoms with Crippen LogP contribution in [0.25, 0.3) is 0 Å².